The molecule has 3 aromatic carbocycles. The number of nitrogens with one attached hydrogen (secondary N) is 2. The van der Waals surface area contributed by atoms with Gasteiger partial charge in [-0.25, -0.2) is 8.78 Å². The van der Waals surface area contributed by atoms with E-state index in [1.807, 2.05) is 0 Å². The molecule has 1 amide bonds. The number of amides is 1. The summed E-state index contributed by atoms with van der Waals surface area (Å²) in [6.45, 7) is 2.89. The third-order valence-electron chi connectivity index (χ3n) is 8.47. The minimum absolute atomic E-state index is 0.0723. The van der Waals surface area contributed by atoms with Crippen molar-refractivity contribution < 1.29 is 32.5 Å². The maximum absolute atomic E-state index is 15.4. The van der Waals surface area contributed by atoms with Crippen LogP contribution < -0.4 is 30.4 Å². The normalized spacial score (nSPS) is 15.2. The van der Waals surface area contributed by atoms with E-state index in [1.54, 1.807) is 24.4 Å². The van der Waals surface area contributed by atoms with Gasteiger partial charge in [-0.05, 0) is 61.4 Å². The molecule has 0 radical (unpaired) electrons. The van der Waals surface area contributed by atoms with Crippen LogP contribution >= 0.6 is 0 Å². The summed E-state index contributed by atoms with van der Waals surface area (Å²) in [5.41, 5.74) is 0.941. The molecule has 0 bridgehead atoms. The molecule has 7 rings (SSSR count). The van der Waals surface area contributed by atoms with E-state index in [0.29, 0.717) is 54.1 Å². The Balaban J connectivity index is 1.07. The van der Waals surface area contributed by atoms with E-state index in [0.717, 1.165) is 25.5 Å². The molecule has 1 atom stereocenters. The first kappa shape index (κ1) is 32.7. The molecule has 1 unspecified atom stereocenters. The van der Waals surface area contributed by atoms with Crippen LogP contribution in [0.15, 0.2) is 77.9 Å². The van der Waals surface area contributed by atoms with Crippen molar-refractivity contribution in [3.63, 3.8) is 0 Å². The van der Waals surface area contributed by atoms with Crippen LogP contribution in [0.5, 0.6) is 23.0 Å². The van der Waals surface area contributed by atoms with E-state index in [2.05, 4.69) is 21.7 Å². The molecule has 0 spiro atoms. The lowest BCUT2D eigenvalue weighted by molar-refractivity contribution is 0.0722. The molecular formula is C37H31F2N5O6. The molecule has 0 aliphatic carbocycles. The first-order valence-corrected chi connectivity index (χ1v) is 16.1. The number of carbonyl (C=O) groups is 1. The molecule has 4 heterocycles. The molecule has 50 heavy (non-hydrogen) atoms. The van der Waals surface area contributed by atoms with Gasteiger partial charge >= 0.3 is 0 Å². The second-order valence-corrected chi connectivity index (χ2v) is 11.8. The molecule has 13 heteroatoms. The van der Waals surface area contributed by atoms with Gasteiger partial charge in [0.2, 0.25) is 0 Å². The summed E-state index contributed by atoms with van der Waals surface area (Å²) in [5.74, 6) is -1.38. The van der Waals surface area contributed by atoms with Crippen molar-refractivity contribution in [1.29, 1.82) is 5.26 Å². The van der Waals surface area contributed by atoms with E-state index in [1.165, 1.54) is 47.2 Å². The predicted molar refractivity (Wildman–Crippen MR) is 179 cm³/mol. The monoisotopic (exact) mass is 679 g/mol. The number of nitriles is 1. The van der Waals surface area contributed by atoms with Gasteiger partial charge in [-0.1, -0.05) is 0 Å². The molecule has 5 aromatic rings. The highest BCUT2D eigenvalue weighted by molar-refractivity contribution is 6.06. The van der Waals surface area contributed by atoms with Crippen LogP contribution in [-0.4, -0.2) is 54.5 Å². The number of fused-ring (bicyclic) bond motifs is 2. The molecule has 254 valence electrons. The van der Waals surface area contributed by atoms with Gasteiger partial charge in [-0.3, -0.25) is 19.1 Å². The minimum atomic E-state index is -0.792. The minimum Gasteiger partial charge on any atom is -0.492 e. The topological polar surface area (TPSA) is 137 Å². The molecule has 2 aliphatic rings. The molecular weight excluding hydrogens is 648 g/mol. The van der Waals surface area contributed by atoms with Gasteiger partial charge in [-0.15, -0.1) is 0 Å². The zero-order chi connectivity index (χ0) is 34.6. The fourth-order valence-electron chi connectivity index (χ4n) is 5.99. The molecule has 0 saturated carbocycles. The SMILES string of the molecule is N#Cc1cc2c(Oc3ccc(NC(=O)c4c5c(cn(-c6ccc(F)cc6)c4=O)CCO5)cc3F)ccnc2cc1OCCCC1COCCN1. The van der Waals surface area contributed by atoms with Crippen LogP contribution in [0.1, 0.15) is 34.3 Å². The number of hydrogen-bond acceptors (Lipinski definition) is 9. The Labute approximate surface area is 285 Å². The first-order chi connectivity index (χ1) is 24.4. The van der Waals surface area contributed by atoms with E-state index in [-0.39, 0.29) is 46.7 Å². The van der Waals surface area contributed by atoms with Crippen LogP contribution in [0.4, 0.5) is 14.5 Å². The van der Waals surface area contributed by atoms with Crippen LogP contribution in [0.2, 0.25) is 0 Å². The van der Waals surface area contributed by atoms with Gasteiger partial charge in [0.1, 0.15) is 34.7 Å². The van der Waals surface area contributed by atoms with E-state index >= 15 is 4.39 Å². The van der Waals surface area contributed by atoms with Crippen molar-refractivity contribution in [3.8, 4) is 34.8 Å². The van der Waals surface area contributed by atoms with Crippen LogP contribution in [-0.2, 0) is 11.2 Å². The number of benzene rings is 3. The van der Waals surface area contributed by atoms with Crippen molar-refractivity contribution in [2.75, 3.05) is 38.3 Å². The molecule has 2 aromatic heterocycles. The number of aromatic nitrogens is 2. The second kappa shape index (κ2) is 14.3. The number of morpholine rings is 1. The van der Waals surface area contributed by atoms with Crippen LogP contribution in [0, 0.1) is 23.0 Å². The third-order valence-corrected chi connectivity index (χ3v) is 8.47. The molecule has 1 saturated heterocycles. The summed E-state index contributed by atoms with van der Waals surface area (Å²) in [4.78, 5) is 31.3. The second-order valence-electron chi connectivity index (χ2n) is 11.8. The van der Waals surface area contributed by atoms with Gasteiger partial charge in [0.15, 0.2) is 11.6 Å². The Kier molecular flexibility index (Phi) is 9.37. The lowest BCUT2D eigenvalue weighted by Gasteiger charge is -2.23. The number of anilines is 1. The van der Waals surface area contributed by atoms with Gasteiger partial charge < -0.3 is 29.6 Å². The first-order valence-electron chi connectivity index (χ1n) is 16.1. The van der Waals surface area contributed by atoms with Crippen molar-refractivity contribution in [1.82, 2.24) is 14.9 Å². The summed E-state index contributed by atoms with van der Waals surface area (Å²) in [5, 5.41) is 16.3. The number of rotatable bonds is 10. The van der Waals surface area contributed by atoms with E-state index < -0.39 is 23.1 Å². The number of ether oxygens (including phenoxy) is 4. The van der Waals surface area contributed by atoms with Gasteiger partial charge in [0.25, 0.3) is 11.5 Å². The molecule has 2 aliphatic heterocycles. The zero-order valence-corrected chi connectivity index (χ0v) is 26.7. The fraction of sp³-hybridized carbons (Fsp3) is 0.243. The number of nitrogens with zero attached hydrogens (tertiary/aromatic N) is 3. The van der Waals surface area contributed by atoms with Crippen molar-refractivity contribution in [2.45, 2.75) is 25.3 Å². The van der Waals surface area contributed by atoms with Crippen LogP contribution in [0.25, 0.3) is 16.6 Å². The van der Waals surface area contributed by atoms with Gasteiger partial charge in [-0.2, -0.15) is 5.26 Å². The highest BCUT2D eigenvalue weighted by atomic mass is 19.1. The highest BCUT2D eigenvalue weighted by Gasteiger charge is 2.27. The highest BCUT2D eigenvalue weighted by Crippen LogP contribution is 2.35. The maximum Gasteiger partial charge on any atom is 0.271 e. The number of pyridine rings is 2. The average Bonchev–Trinajstić information content (AvgIpc) is 3.59. The third kappa shape index (κ3) is 6.84. The van der Waals surface area contributed by atoms with Crippen molar-refractivity contribution in [3.05, 3.63) is 112 Å². The lowest BCUT2D eigenvalue weighted by Crippen LogP contribution is -2.41. The lowest BCUT2D eigenvalue weighted by atomic mass is 10.1. The Hall–Kier alpha value is -5.84. The molecule has 11 nitrogen and oxygen atoms in total. The molecule has 1 fully saturated rings. The fourth-order valence-corrected chi connectivity index (χ4v) is 5.99. The summed E-state index contributed by atoms with van der Waals surface area (Å²) in [7, 11) is 0. The van der Waals surface area contributed by atoms with E-state index in [9.17, 15) is 19.2 Å². The predicted octanol–water partition coefficient (Wildman–Crippen LogP) is 5.66. The van der Waals surface area contributed by atoms with E-state index in [4.69, 9.17) is 18.9 Å². The number of hydrogen-bond donors (Lipinski definition) is 2. The number of halogens is 2. The quantitative estimate of drug-likeness (QED) is 0.179. The standard InChI is InChI=1S/C37H31F2N5O6/c38-24-3-6-27(7-4-24)44-20-22-10-14-49-35(22)34(37(44)46)36(45)43-25-5-8-32(29(39)17-25)50-31-9-11-42-30-18-33(23(19-40)16-28(30)31)48-13-1-2-26-21-47-15-12-41-26/h3-9,11,16-18,20,26,41H,1-2,10,12-15,21H2,(H,43,45). The van der Waals surface area contributed by atoms with Crippen molar-refractivity contribution >= 4 is 22.5 Å². The smallest absolute Gasteiger partial charge is 0.271 e. The van der Waals surface area contributed by atoms with Crippen LogP contribution in [0.3, 0.4) is 0 Å². The molecule has 2 N–H and O–H groups in total. The Morgan fingerprint density at radius 1 is 1.08 bits per heavy atom. The summed E-state index contributed by atoms with van der Waals surface area (Å²) in [6.07, 6.45) is 5.20. The summed E-state index contributed by atoms with van der Waals surface area (Å²) < 4.78 is 53.2. The number of carbonyl (C=O) groups excluding carboxylic acids is 1. The Morgan fingerprint density at radius 3 is 2.72 bits per heavy atom. The average molecular weight is 680 g/mol. The zero-order valence-electron chi connectivity index (χ0n) is 26.7. The summed E-state index contributed by atoms with van der Waals surface area (Å²) in [6, 6.07) is 16.4. The Bertz CT molecular complexity index is 2180. The van der Waals surface area contributed by atoms with Crippen molar-refractivity contribution in [2.24, 2.45) is 0 Å². The van der Waals surface area contributed by atoms with Gasteiger partial charge in [0, 0.05) is 65.9 Å². The maximum atomic E-state index is 15.4. The van der Waals surface area contributed by atoms with Gasteiger partial charge in [0.05, 0.1) is 37.5 Å². The Morgan fingerprint density at radius 2 is 1.94 bits per heavy atom. The summed E-state index contributed by atoms with van der Waals surface area (Å²) >= 11 is 0. The largest absolute Gasteiger partial charge is 0.492 e.